The molecule has 5 atom stereocenters. The van der Waals surface area contributed by atoms with Gasteiger partial charge in [0.05, 0.1) is 23.4 Å². The number of para-hydroxylation sites is 2. The molecule has 4 rings (SSSR count). The molecule has 3 aromatic rings. The fraction of sp³-hybridized carbons (Fsp3) is 0.273. The third-order valence-electron chi connectivity index (χ3n) is 5.36. The Kier molecular flexibility index (Phi) is 6.31. The van der Waals surface area contributed by atoms with E-state index in [4.69, 9.17) is 9.57 Å². The van der Waals surface area contributed by atoms with Gasteiger partial charge in [0.2, 0.25) is 0 Å². The van der Waals surface area contributed by atoms with Crippen LogP contribution in [0.2, 0.25) is 0 Å². The molecule has 0 bridgehead atoms. The molecular weight excluding hydrogens is 436 g/mol. The number of nitrogens with zero attached hydrogens (tertiary/aromatic N) is 1. The van der Waals surface area contributed by atoms with E-state index in [1.165, 1.54) is 24.3 Å². The molecule has 6 N–H and O–H groups in total. The van der Waals surface area contributed by atoms with Crippen LogP contribution >= 0.6 is 0 Å². The fourth-order valence-corrected chi connectivity index (χ4v) is 3.62. The summed E-state index contributed by atoms with van der Waals surface area (Å²) in [5.74, 6) is -1.92. The number of fused-ring (bicyclic) bond motifs is 1. The molecule has 2 aromatic carbocycles. The van der Waals surface area contributed by atoms with Gasteiger partial charge in [-0.3, -0.25) is 4.79 Å². The number of aliphatic hydroxyl groups is 4. The van der Waals surface area contributed by atoms with E-state index in [1.807, 2.05) is 0 Å². The Bertz CT molecular complexity index is 1180. The number of carbonyl (C=O) groups excluding carboxylic acids is 1. The third kappa shape index (κ3) is 4.27. The SMILES string of the molecule is O=C(O)c1ccccc1NC(=O)c1cc2ccccc2n1OC1O[C@H](CO)[C@H](O)[C@H](O)[C@H]1O. The minimum atomic E-state index is -1.69. The zero-order chi connectivity index (χ0) is 23.7. The summed E-state index contributed by atoms with van der Waals surface area (Å²) in [6, 6.07) is 14.2. The molecule has 2 heterocycles. The van der Waals surface area contributed by atoms with E-state index in [9.17, 15) is 35.1 Å². The Morgan fingerprint density at radius 2 is 1.70 bits per heavy atom. The summed E-state index contributed by atoms with van der Waals surface area (Å²) in [7, 11) is 0. The lowest BCUT2D eigenvalue weighted by atomic mass is 9.99. The third-order valence-corrected chi connectivity index (χ3v) is 5.36. The van der Waals surface area contributed by atoms with E-state index < -0.39 is 49.2 Å². The summed E-state index contributed by atoms with van der Waals surface area (Å²) in [5, 5.41) is 52.3. The first-order valence-electron chi connectivity index (χ1n) is 10.0. The molecule has 174 valence electrons. The molecule has 0 saturated carbocycles. The van der Waals surface area contributed by atoms with Gasteiger partial charge in [0.25, 0.3) is 12.2 Å². The van der Waals surface area contributed by atoms with Gasteiger partial charge in [0, 0.05) is 5.39 Å². The average molecular weight is 458 g/mol. The highest BCUT2D eigenvalue weighted by atomic mass is 16.8. The highest BCUT2D eigenvalue weighted by molar-refractivity contribution is 6.09. The quantitative estimate of drug-likeness (QED) is 0.293. The second kappa shape index (κ2) is 9.17. The number of aromatic nitrogens is 1. The second-order valence-electron chi connectivity index (χ2n) is 7.49. The number of carboxylic acid groups (broad SMARTS) is 1. The number of aromatic carboxylic acids is 1. The lowest BCUT2D eigenvalue weighted by Crippen LogP contribution is -2.61. The summed E-state index contributed by atoms with van der Waals surface area (Å²) in [5.41, 5.74) is 0.336. The van der Waals surface area contributed by atoms with E-state index in [-0.39, 0.29) is 16.9 Å². The van der Waals surface area contributed by atoms with Gasteiger partial charge in [0.15, 0.2) is 0 Å². The maximum atomic E-state index is 13.1. The Morgan fingerprint density at radius 1 is 1.00 bits per heavy atom. The number of amides is 1. The Labute approximate surface area is 187 Å². The van der Waals surface area contributed by atoms with Crippen LogP contribution in [-0.4, -0.2) is 79.5 Å². The number of aliphatic hydroxyl groups excluding tert-OH is 4. The lowest BCUT2D eigenvalue weighted by molar-refractivity contribution is -0.299. The molecule has 0 aliphatic carbocycles. The first-order valence-corrected chi connectivity index (χ1v) is 10.0. The van der Waals surface area contributed by atoms with Crippen molar-refractivity contribution < 1.29 is 44.7 Å². The number of rotatable bonds is 6. The van der Waals surface area contributed by atoms with Crippen molar-refractivity contribution >= 4 is 28.5 Å². The van der Waals surface area contributed by atoms with E-state index in [2.05, 4.69) is 5.32 Å². The van der Waals surface area contributed by atoms with Gasteiger partial charge < -0.3 is 40.4 Å². The standard InChI is InChI=1S/C22H22N2O9/c25-10-16-17(26)18(27)19(28)22(32-16)33-24-14-8-4-1-5-11(14)9-15(24)20(29)23-13-7-3-2-6-12(13)21(30)31/h1-9,16-19,22,25-28H,10H2,(H,23,29)(H,30,31)/t16-,17+,18+,19-,22?/m1/s1. The predicted molar refractivity (Wildman–Crippen MR) is 114 cm³/mol. The van der Waals surface area contributed by atoms with Crippen molar-refractivity contribution in [2.24, 2.45) is 0 Å². The van der Waals surface area contributed by atoms with Crippen LogP contribution in [0.25, 0.3) is 10.9 Å². The maximum Gasteiger partial charge on any atom is 0.337 e. The number of hydrogen-bond donors (Lipinski definition) is 6. The van der Waals surface area contributed by atoms with Gasteiger partial charge >= 0.3 is 5.97 Å². The molecule has 1 fully saturated rings. The predicted octanol–water partition coefficient (Wildman–Crippen LogP) is -0.180. The Balaban J connectivity index is 1.69. The van der Waals surface area contributed by atoms with Crippen molar-refractivity contribution in [3.05, 3.63) is 65.9 Å². The molecule has 1 amide bonds. The van der Waals surface area contributed by atoms with E-state index in [1.54, 1.807) is 30.3 Å². The van der Waals surface area contributed by atoms with Gasteiger partial charge in [0.1, 0.15) is 30.1 Å². The van der Waals surface area contributed by atoms with Crippen molar-refractivity contribution in [1.82, 2.24) is 4.73 Å². The summed E-state index contributed by atoms with van der Waals surface area (Å²) in [6.45, 7) is -0.642. The van der Waals surface area contributed by atoms with Crippen LogP contribution in [0.1, 0.15) is 20.8 Å². The molecule has 33 heavy (non-hydrogen) atoms. The van der Waals surface area contributed by atoms with Crippen LogP contribution in [0, 0.1) is 0 Å². The maximum absolute atomic E-state index is 13.1. The molecule has 0 radical (unpaired) electrons. The highest BCUT2D eigenvalue weighted by Gasteiger charge is 2.45. The van der Waals surface area contributed by atoms with Gasteiger partial charge in [-0.1, -0.05) is 30.3 Å². The summed E-state index contributed by atoms with van der Waals surface area (Å²) >= 11 is 0. The first kappa shape index (κ1) is 22.7. The highest BCUT2D eigenvalue weighted by Crippen LogP contribution is 2.25. The minimum absolute atomic E-state index is 0.0478. The first-order chi connectivity index (χ1) is 15.8. The molecule has 1 saturated heterocycles. The average Bonchev–Trinajstić information content (AvgIpc) is 3.18. The number of anilines is 1. The zero-order valence-corrected chi connectivity index (χ0v) is 17.1. The Hall–Kier alpha value is -3.48. The van der Waals surface area contributed by atoms with Crippen molar-refractivity contribution in [2.75, 3.05) is 11.9 Å². The van der Waals surface area contributed by atoms with Crippen molar-refractivity contribution in [2.45, 2.75) is 30.7 Å². The zero-order valence-electron chi connectivity index (χ0n) is 17.1. The molecule has 11 nitrogen and oxygen atoms in total. The number of nitrogens with one attached hydrogen (secondary N) is 1. The lowest BCUT2D eigenvalue weighted by Gasteiger charge is -2.39. The van der Waals surface area contributed by atoms with Gasteiger partial charge in [-0.15, -0.1) is 0 Å². The van der Waals surface area contributed by atoms with Crippen LogP contribution in [0.3, 0.4) is 0 Å². The van der Waals surface area contributed by atoms with Crippen molar-refractivity contribution in [3.63, 3.8) is 0 Å². The summed E-state index contributed by atoms with van der Waals surface area (Å²) < 4.78 is 6.48. The second-order valence-corrected chi connectivity index (χ2v) is 7.49. The molecule has 11 heteroatoms. The van der Waals surface area contributed by atoms with Crippen LogP contribution in [0.4, 0.5) is 5.69 Å². The molecule has 1 aliphatic rings. The van der Waals surface area contributed by atoms with Crippen LogP contribution in [0.15, 0.2) is 54.6 Å². The largest absolute Gasteiger partial charge is 0.478 e. The van der Waals surface area contributed by atoms with Crippen LogP contribution in [-0.2, 0) is 4.74 Å². The van der Waals surface area contributed by atoms with E-state index in [0.29, 0.717) is 10.9 Å². The topological polar surface area (TPSA) is 171 Å². The van der Waals surface area contributed by atoms with E-state index >= 15 is 0 Å². The summed E-state index contributed by atoms with van der Waals surface area (Å²) in [4.78, 5) is 30.3. The molecule has 1 unspecified atom stereocenters. The molecule has 1 aromatic heterocycles. The number of carbonyl (C=O) groups is 2. The van der Waals surface area contributed by atoms with Gasteiger partial charge in [-0.25, -0.2) is 4.79 Å². The summed E-state index contributed by atoms with van der Waals surface area (Å²) in [6.07, 6.45) is -7.65. The van der Waals surface area contributed by atoms with E-state index in [0.717, 1.165) is 4.73 Å². The number of carboxylic acids is 1. The van der Waals surface area contributed by atoms with Crippen molar-refractivity contribution in [3.8, 4) is 0 Å². The van der Waals surface area contributed by atoms with Gasteiger partial charge in [-0.2, -0.15) is 4.73 Å². The van der Waals surface area contributed by atoms with Gasteiger partial charge in [-0.05, 0) is 24.3 Å². The number of hydrogen-bond acceptors (Lipinski definition) is 8. The smallest absolute Gasteiger partial charge is 0.337 e. The van der Waals surface area contributed by atoms with Crippen LogP contribution < -0.4 is 10.2 Å². The number of benzene rings is 2. The molecular formula is C22H22N2O9. The molecule has 0 spiro atoms. The molecule has 1 aliphatic heterocycles. The Morgan fingerprint density at radius 3 is 2.42 bits per heavy atom. The minimum Gasteiger partial charge on any atom is -0.478 e. The number of ether oxygens (including phenoxy) is 1. The fourth-order valence-electron chi connectivity index (χ4n) is 3.62. The van der Waals surface area contributed by atoms with Crippen molar-refractivity contribution in [1.29, 1.82) is 0 Å². The van der Waals surface area contributed by atoms with Crippen LogP contribution in [0.5, 0.6) is 0 Å². The monoisotopic (exact) mass is 458 g/mol. The normalized spacial score (nSPS) is 25.0.